The summed E-state index contributed by atoms with van der Waals surface area (Å²) in [5.41, 5.74) is -0.558. The zero-order chi connectivity index (χ0) is 27.3. The van der Waals surface area contributed by atoms with Crippen LogP contribution >= 0.6 is 22.9 Å². The van der Waals surface area contributed by atoms with Crippen LogP contribution in [0.2, 0.25) is 5.02 Å². The third-order valence-electron chi connectivity index (χ3n) is 5.41. The Morgan fingerprint density at radius 3 is 2.43 bits per heavy atom. The molecule has 1 N–H and O–H groups in total. The van der Waals surface area contributed by atoms with Gasteiger partial charge >= 0.3 is 18.3 Å². The van der Waals surface area contributed by atoms with E-state index in [1.54, 1.807) is 0 Å². The highest BCUT2D eigenvalue weighted by Crippen LogP contribution is 2.40. The van der Waals surface area contributed by atoms with Crippen LogP contribution in [0.4, 0.5) is 38.0 Å². The number of alkyl halides is 6. The molecule has 3 aromatic rings. The lowest BCUT2D eigenvalue weighted by atomic mass is 9.99. The zero-order valence-electron chi connectivity index (χ0n) is 18.5. The monoisotopic (exact) mass is 584 g/mol. The van der Waals surface area contributed by atoms with Gasteiger partial charge in [0, 0.05) is 30.9 Å². The lowest BCUT2D eigenvalue weighted by Gasteiger charge is -2.30. The van der Waals surface area contributed by atoms with Gasteiger partial charge < -0.3 is 10.2 Å². The third kappa shape index (κ3) is 5.83. The number of thiophene rings is 1. The third-order valence-corrected chi connectivity index (χ3v) is 7.90. The summed E-state index contributed by atoms with van der Waals surface area (Å²) in [6, 6.07) is 3.94. The Kier molecular flexibility index (Phi) is 6.92. The number of hydrogen-bond acceptors (Lipinski definition) is 7. The molecule has 0 radical (unpaired) electrons. The van der Waals surface area contributed by atoms with E-state index in [-0.39, 0.29) is 45.9 Å². The lowest BCUT2D eigenvalue weighted by molar-refractivity contribution is -0.186. The van der Waals surface area contributed by atoms with Crippen molar-refractivity contribution >= 4 is 50.3 Å². The van der Waals surface area contributed by atoms with Gasteiger partial charge in [-0.05, 0) is 35.7 Å². The molecule has 1 amide bonds. The van der Waals surface area contributed by atoms with Crippen molar-refractivity contribution in [1.82, 2.24) is 14.9 Å². The van der Waals surface area contributed by atoms with Crippen LogP contribution in [-0.4, -0.2) is 48.2 Å². The maximum absolute atomic E-state index is 13.6. The fourth-order valence-electron chi connectivity index (χ4n) is 3.62. The smallest absolute Gasteiger partial charge is 0.330 e. The molecule has 0 atom stereocenters. The van der Waals surface area contributed by atoms with Crippen molar-refractivity contribution in [3.8, 4) is 10.6 Å². The van der Waals surface area contributed by atoms with Gasteiger partial charge in [-0.2, -0.15) is 26.3 Å². The molecule has 1 aromatic carbocycles. The fraction of sp³-hybridized carbons (Fsp3) is 0.286. The molecule has 1 aliphatic heterocycles. The molecule has 0 fully saturated rings. The van der Waals surface area contributed by atoms with E-state index in [1.807, 2.05) is 0 Å². The van der Waals surface area contributed by atoms with Gasteiger partial charge in [-0.15, -0.1) is 11.3 Å². The van der Waals surface area contributed by atoms with Crippen molar-refractivity contribution in [3.05, 3.63) is 51.5 Å². The molecule has 0 aliphatic carbocycles. The van der Waals surface area contributed by atoms with Gasteiger partial charge in [0.25, 0.3) is 0 Å². The fourth-order valence-corrected chi connectivity index (χ4v) is 5.88. The topological polar surface area (TPSA) is 92.3 Å². The number of amides is 1. The summed E-state index contributed by atoms with van der Waals surface area (Å²) in [7, 11) is -3.66. The van der Waals surface area contributed by atoms with Crippen LogP contribution in [0.5, 0.6) is 0 Å². The Morgan fingerprint density at radius 1 is 1.14 bits per heavy atom. The van der Waals surface area contributed by atoms with E-state index in [0.29, 0.717) is 22.2 Å². The number of benzene rings is 1. The summed E-state index contributed by atoms with van der Waals surface area (Å²) in [6.07, 6.45) is -8.27. The molecule has 3 heterocycles. The molecule has 0 bridgehead atoms. The highest BCUT2D eigenvalue weighted by atomic mass is 35.5. The van der Waals surface area contributed by atoms with Gasteiger partial charge in [0.1, 0.15) is 5.56 Å². The van der Waals surface area contributed by atoms with Crippen molar-refractivity contribution in [1.29, 1.82) is 0 Å². The second-order valence-corrected chi connectivity index (χ2v) is 11.4. The van der Waals surface area contributed by atoms with E-state index < -0.39 is 39.4 Å². The maximum atomic E-state index is 13.6. The summed E-state index contributed by atoms with van der Waals surface area (Å²) >= 11 is 7.02. The maximum Gasteiger partial charge on any atom is 0.471 e. The minimum Gasteiger partial charge on any atom is -0.330 e. The Bertz CT molecular complexity index is 1490. The number of hydrogen-bond donors (Lipinski definition) is 1. The Balaban J connectivity index is 1.66. The minimum atomic E-state index is -5.01. The number of sulfone groups is 1. The molecule has 0 spiro atoms. The number of carbonyl (C=O) groups excluding carboxylic acids is 1. The lowest BCUT2D eigenvalue weighted by Crippen LogP contribution is -2.43. The van der Waals surface area contributed by atoms with Crippen molar-refractivity contribution in [2.45, 2.75) is 30.2 Å². The first kappa shape index (κ1) is 27.1. The van der Waals surface area contributed by atoms with E-state index in [0.717, 1.165) is 23.7 Å². The number of aromatic nitrogens is 2. The van der Waals surface area contributed by atoms with Crippen molar-refractivity contribution in [3.63, 3.8) is 0 Å². The van der Waals surface area contributed by atoms with E-state index in [9.17, 15) is 39.6 Å². The summed E-state index contributed by atoms with van der Waals surface area (Å²) in [6.45, 7) is -0.496. The average Bonchev–Trinajstić information content (AvgIpc) is 3.28. The minimum absolute atomic E-state index is 0.0144. The average molecular weight is 585 g/mol. The first-order valence-electron chi connectivity index (χ1n) is 10.2. The number of fused-ring (bicyclic) bond motifs is 1. The first-order valence-corrected chi connectivity index (χ1v) is 13.4. The predicted octanol–water partition coefficient (Wildman–Crippen LogP) is 5.47. The first-order chi connectivity index (χ1) is 17.0. The van der Waals surface area contributed by atoms with Crippen LogP contribution in [-0.2, 0) is 33.8 Å². The van der Waals surface area contributed by atoms with Crippen LogP contribution < -0.4 is 5.32 Å². The number of nitrogens with zero attached hydrogens (tertiary/aromatic N) is 3. The molecule has 2 aromatic heterocycles. The predicted molar refractivity (Wildman–Crippen MR) is 123 cm³/mol. The van der Waals surface area contributed by atoms with E-state index in [4.69, 9.17) is 11.6 Å². The number of carbonyl (C=O) groups is 1. The molecule has 16 heteroatoms. The molecule has 0 saturated carbocycles. The standard InChI is InChI=1S/C21H15ClF6N4O3S2/c1-37(34,35)12-6-16(36-9-12)17-13(20(23,24)25)7-29-19(31-17)30-15-5-10-2-3-32(18(33)21(26,27)28)8-11(10)4-14(15)22/h4-7,9H,2-3,8H2,1H3,(H,29,30,31). The largest absolute Gasteiger partial charge is 0.471 e. The molecule has 1 aliphatic rings. The highest BCUT2D eigenvalue weighted by molar-refractivity contribution is 7.90. The van der Waals surface area contributed by atoms with Crippen LogP contribution in [0, 0.1) is 0 Å². The summed E-state index contributed by atoms with van der Waals surface area (Å²) in [4.78, 5) is 19.7. The number of halogens is 7. The van der Waals surface area contributed by atoms with Crippen molar-refractivity contribution in [2.24, 2.45) is 0 Å². The molecular formula is C21H15ClF6N4O3S2. The highest BCUT2D eigenvalue weighted by Gasteiger charge is 2.43. The molecule has 198 valence electrons. The van der Waals surface area contributed by atoms with Crippen LogP contribution in [0.25, 0.3) is 10.6 Å². The van der Waals surface area contributed by atoms with Gasteiger partial charge in [0.15, 0.2) is 9.84 Å². The SMILES string of the molecule is CS(=O)(=O)c1csc(-c2nc(Nc3cc4c(cc3Cl)CN(C(=O)C(F)(F)F)CC4)ncc2C(F)(F)F)c1. The Labute approximate surface area is 215 Å². The number of rotatable bonds is 4. The van der Waals surface area contributed by atoms with Crippen molar-refractivity contribution in [2.75, 3.05) is 18.1 Å². The number of anilines is 2. The van der Waals surface area contributed by atoms with Gasteiger partial charge in [0.2, 0.25) is 5.95 Å². The van der Waals surface area contributed by atoms with Crippen LogP contribution in [0.1, 0.15) is 16.7 Å². The van der Waals surface area contributed by atoms with Gasteiger partial charge in [-0.1, -0.05) is 11.6 Å². The molecular weight excluding hydrogens is 570 g/mol. The molecule has 0 saturated heterocycles. The van der Waals surface area contributed by atoms with Gasteiger partial charge in [-0.3, -0.25) is 4.79 Å². The van der Waals surface area contributed by atoms with Crippen LogP contribution in [0.3, 0.4) is 0 Å². The summed E-state index contributed by atoms with van der Waals surface area (Å²) < 4.78 is 103. The molecule has 7 nitrogen and oxygen atoms in total. The van der Waals surface area contributed by atoms with E-state index in [1.165, 1.54) is 17.5 Å². The second kappa shape index (κ2) is 9.44. The molecule has 4 rings (SSSR count). The van der Waals surface area contributed by atoms with Crippen LogP contribution in [0.15, 0.2) is 34.7 Å². The normalized spacial score (nSPS) is 14.4. The van der Waals surface area contributed by atoms with Gasteiger partial charge in [-0.25, -0.2) is 18.4 Å². The second-order valence-electron chi connectivity index (χ2n) is 8.07. The Hall–Kier alpha value is -2.91. The van der Waals surface area contributed by atoms with E-state index in [2.05, 4.69) is 15.3 Å². The molecule has 37 heavy (non-hydrogen) atoms. The number of nitrogens with one attached hydrogen (secondary N) is 1. The van der Waals surface area contributed by atoms with Crippen molar-refractivity contribution < 1.29 is 39.6 Å². The quantitative estimate of drug-likeness (QED) is 0.409. The molecule has 0 unspecified atom stereocenters. The zero-order valence-corrected chi connectivity index (χ0v) is 20.9. The summed E-state index contributed by atoms with van der Waals surface area (Å²) in [5.74, 6) is -2.24. The summed E-state index contributed by atoms with van der Waals surface area (Å²) in [5, 5.41) is 3.93. The van der Waals surface area contributed by atoms with Gasteiger partial charge in [0.05, 0.1) is 26.2 Å². The Morgan fingerprint density at radius 2 is 1.84 bits per heavy atom. The van der Waals surface area contributed by atoms with E-state index >= 15 is 0 Å².